The number of benzene rings is 2. The Kier molecular flexibility index (Phi) is 9.55. The topological polar surface area (TPSA) is 194 Å². The van der Waals surface area contributed by atoms with E-state index in [-0.39, 0.29) is 30.6 Å². The molecule has 0 aliphatic carbocycles. The Morgan fingerprint density at radius 2 is 1.82 bits per heavy atom. The van der Waals surface area contributed by atoms with E-state index in [1.54, 1.807) is 53.4 Å². The van der Waals surface area contributed by atoms with Gasteiger partial charge >= 0.3 is 0 Å². The molecular weight excluding hydrogens is 520 g/mol. The van der Waals surface area contributed by atoms with E-state index in [2.05, 4.69) is 15.5 Å². The lowest BCUT2D eigenvalue weighted by Gasteiger charge is -2.35. The highest BCUT2D eigenvalue weighted by Crippen LogP contribution is 2.31. The maximum absolute atomic E-state index is 13.6. The largest absolute Gasteiger partial charge is 0.462 e. The van der Waals surface area contributed by atoms with E-state index in [0.717, 1.165) is 13.1 Å². The summed E-state index contributed by atoms with van der Waals surface area (Å²) in [5.41, 5.74) is 6.94. The monoisotopic (exact) mass is 556 g/mol. The van der Waals surface area contributed by atoms with E-state index in [0.29, 0.717) is 29.9 Å². The van der Waals surface area contributed by atoms with E-state index < -0.39 is 36.6 Å². The number of para-hydroxylation sites is 1. The highest BCUT2D eigenvalue weighted by atomic mass is 16.7. The number of hydrogen-bond donors (Lipinski definition) is 7. The zero-order valence-corrected chi connectivity index (χ0v) is 22.2. The fraction of sp³-hybridized carbons (Fsp3) is 0.444. The SMILES string of the molecule is CN1CCN(C(=O)CNC(=O)[C@@H](Nc2cccc(C(=N)N)c2)c2ccccc2O[C@@H]2OCC(O)[C@H](O)[C@H]2O)CC1. The van der Waals surface area contributed by atoms with Crippen LogP contribution in [0.25, 0.3) is 0 Å². The van der Waals surface area contributed by atoms with Crippen molar-refractivity contribution < 1.29 is 34.4 Å². The molecule has 0 radical (unpaired) electrons. The van der Waals surface area contributed by atoms with Crippen molar-refractivity contribution in [2.45, 2.75) is 30.6 Å². The van der Waals surface area contributed by atoms with Gasteiger partial charge in [0.2, 0.25) is 18.1 Å². The van der Waals surface area contributed by atoms with E-state index in [9.17, 15) is 24.9 Å². The van der Waals surface area contributed by atoms with Gasteiger partial charge in [0.1, 0.15) is 35.9 Å². The summed E-state index contributed by atoms with van der Waals surface area (Å²) in [4.78, 5) is 30.2. The normalized spacial score (nSPS) is 24.1. The predicted molar refractivity (Wildman–Crippen MR) is 146 cm³/mol. The lowest BCUT2D eigenvalue weighted by atomic mass is 10.0. The predicted octanol–water partition coefficient (Wildman–Crippen LogP) is -1.17. The zero-order valence-electron chi connectivity index (χ0n) is 22.2. The van der Waals surface area contributed by atoms with Gasteiger partial charge in [-0.25, -0.2) is 0 Å². The molecule has 4 rings (SSSR count). The molecule has 2 aromatic carbocycles. The first-order valence-electron chi connectivity index (χ1n) is 13.0. The first kappa shape index (κ1) is 29.2. The Morgan fingerprint density at radius 1 is 1.10 bits per heavy atom. The van der Waals surface area contributed by atoms with Crippen molar-refractivity contribution in [3.05, 3.63) is 59.7 Å². The third-order valence-corrected chi connectivity index (χ3v) is 6.94. The van der Waals surface area contributed by atoms with E-state index in [1.165, 1.54) is 0 Å². The van der Waals surface area contributed by atoms with Gasteiger partial charge in [-0.15, -0.1) is 0 Å². The smallest absolute Gasteiger partial charge is 0.247 e. The van der Waals surface area contributed by atoms with E-state index in [1.807, 2.05) is 7.05 Å². The number of hydrogen-bond acceptors (Lipinski definition) is 10. The van der Waals surface area contributed by atoms with Crippen LogP contribution < -0.4 is 21.1 Å². The van der Waals surface area contributed by atoms with Crippen LogP contribution in [0.2, 0.25) is 0 Å². The standard InChI is InChI=1S/C27H36N6O7/c1-32-9-11-33(12-10-32)21(35)14-30-26(38)22(31-17-6-4-5-16(13-17)25(28)29)18-7-2-3-8-20(18)40-27-24(37)23(36)19(34)15-39-27/h2-8,13,19,22-24,27,31,34,36-37H,9-12,14-15H2,1H3,(H3,28,29)(H,30,38)/t19?,22-,23-,24+,27-/m0/s1. The van der Waals surface area contributed by atoms with Crippen molar-refractivity contribution in [3.63, 3.8) is 0 Å². The molecular formula is C27H36N6O7. The highest BCUT2D eigenvalue weighted by Gasteiger charge is 2.39. The van der Waals surface area contributed by atoms with Crippen molar-refractivity contribution in [1.29, 1.82) is 5.41 Å². The Labute approximate surface area is 232 Å². The maximum Gasteiger partial charge on any atom is 0.247 e. The van der Waals surface area contributed by atoms with Crippen LogP contribution in [0.4, 0.5) is 5.69 Å². The summed E-state index contributed by atoms with van der Waals surface area (Å²) in [6, 6.07) is 12.2. The van der Waals surface area contributed by atoms with Crippen molar-refractivity contribution in [2.75, 3.05) is 51.7 Å². The van der Waals surface area contributed by atoms with Crippen LogP contribution in [0.5, 0.6) is 5.75 Å². The van der Waals surface area contributed by atoms with Gasteiger partial charge in [-0.05, 0) is 25.2 Å². The fourth-order valence-corrected chi connectivity index (χ4v) is 4.49. The second-order valence-corrected chi connectivity index (χ2v) is 9.88. The molecule has 40 heavy (non-hydrogen) atoms. The van der Waals surface area contributed by atoms with Crippen LogP contribution in [0.1, 0.15) is 17.2 Å². The molecule has 2 aliphatic heterocycles. The third kappa shape index (κ3) is 7.06. The Morgan fingerprint density at radius 3 is 2.55 bits per heavy atom. The Hall–Kier alpha value is -3.75. The number of likely N-dealkylation sites (N-methyl/N-ethyl adjacent to an activating group) is 1. The number of piperazine rings is 1. The molecule has 2 fully saturated rings. The molecule has 2 amide bonds. The molecule has 1 unspecified atom stereocenters. The van der Waals surface area contributed by atoms with Gasteiger partial charge in [-0.3, -0.25) is 15.0 Å². The summed E-state index contributed by atoms with van der Waals surface area (Å²) < 4.78 is 11.3. The molecule has 2 aliphatic rings. The van der Waals surface area contributed by atoms with E-state index >= 15 is 0 Å². The quantitative estimate of drug-likeness (QED) is 0.146. The number of aliphatic hydroxyl groups is 3. The first-order chi connectivity index (χ1) is 19.1. The fourth-order valence-electron chi connectivity index (χ4n) is 4.49. The third-order valence-electron chi connectivity index (χ3n) is 6.94. The van der Waals surface area contributed by atoms with Gasteiger partial charge in [0, 0.05) is 43.0 Å². The minimum absolute atomic E-state index is 0.143. The molecule has 216 valence electrons. The van der Waals surface area contributed by atoms with Gasteiger partial charge in [0.25, 0.3) is 0 Å². The molecule has 2 heterocycles. The van der Waals surface area contributed by atoms with Gasteiger partial charge < -0.3 is 51.0 Å². The summed E-state index contributed by atoms with van der Waals surface area (Å²) in [7, 11) is 1.99. The van der Waals surface area contributed by atoms with E-state index in [4.69, 9.17) is 20.6 Å². The van der Waals surface area contributed by atoms with Crippen LogP contribution in [0.3, 0.4) is 0 Å². The first-order valence-corrected chi connectivity index (χ1v) is 13.0. The zero-order chi connectivity index (χ0) is 28.8. The summed E-state index contributed by atoms with van der Waals surface area (Å²) in [5.74, 6) is -0.687. The highest BCUT2D eigenvalue weighted by molar-refractivity contribution is 5.96. The second-order valence-electron chi connectivity index (χ2n) is 9.88. The Balaban J connectivity index is 1.57. The minimum Gasteiger partial charge on any atom is -0.462 e. The molecule has 0 saturated carbocycles. The number of aliphatic hydroxyl groups excluding tert-OH is 3. The van der Waals surface area contributed by atoms with Crippen LogP contribution in [-0.4, -0.2) is 114 Å². The molecule has 2 saturated heterocycles. The molecule has 13 heteroatoms. The molecule has 5 atom stereocenters. The average molecular weight is 557 g/mol. The van der Waals surface area contributed by atoms with Crippen LogP contribution in [0.15, 0.2) is 48.5 Å². The number of amides is 2. The van der Waals surface area contributed by atoms with Gasteiger partial charge in [0.05, 0.1) is 13.2 Å². The van der Waals surface area contributed by atoms with Crippen molar-refractivity contribution in [2.24, 2.45) is 5.73 Å². The Bertz CT molecular complexity index is 1210. The summed E-state index contributed by atoms with van der Waals surface area (Å²) in [6.45, 7) is 2.20. The molecule has 8 N–H and O–H groups in total. The molecule has 0 spiro atoms. The second kappa shape index (κ2) is 13.1. The number of nitrogen functional groups attached to an aromatic ring is 1. The van der Waals surface area contributed by atoms with Crippen molar-refractivity contribution >= 4 is 23.3 Å². The van der Waals surface area contributed by atoms with Crippen LogP contribution in [0, 0.1) is 5.41 Å². The molecule has 0 bridgehead atoms. The van der Waals surface area contributed by atoms with Crippen molar-refractivity contribution in [3.8, 4) is 5.75 Å². The van der Waals surface area contributed by atoms with Crippen molar-refractivity contribution in [1.82, 2.24) is 15.1 Å². The summed E-state index contributed by atoms with van der Waals surface area (Å²) in [5, 5.41) is 43.8. The lowest BCUT2D eigenvalue weighted by molar-refractivity contribution is -0.242. The number of rotatable bonds is 9. The number of anilines is 1. The number of ether oxygens (including phenoxy) is 2. The number of amidine groups is 1. The molecule has 13 nitrogen and oxygen atoms in total. The summed E-state index contributed by atoms with van der Waals surface area (Å²) in [6.07, 6.45) is -5.58. The van der Waals surface area contributed by atoms with Gasteiger partial charge in [-0.2, -0.15) is 0 Å². The number of nitrogens with two attached hydrogens (primary N) is 1. The lowest BCUT2D eigenvalue weighted by Crippen LogP contribution is -2.54. The number of carbonyl (C=O) groups excluding carboxylic acids is 2. The summed E-state index contributed by atoms with van der Waals surface area (Å²) >= 11 is 0. The van der Waals surface area contributed by atoms with Gasteiger partial charge in [-0.1, -0.05) is 30.3 Å². The number of nitrogens with one attached hydrogen (secondary N) is 3. The molecule has 2 aromatic rings. The van der Waals surface area contributed by atoms with Crippen LogP contribution >= 0.6 is 0 Å². The number of carbonyl (C=O) groups is 2. The maximum atomic E-state index is 13.6. The molecule has 0 aromatic heterocycles. The van der Waals surface area contributed by atoms with Gasteiger partial charge in [0.15, 0.2) is 0 Å². The minimum atomic E-state index is -1.54. The van der Waals surface area contributed by atoms with Crippen LogP contribution in [-0.2, 0) is 14.3 Å². The average Bonchev–Trinajstić information content (AvgIpc) is 2.95. The number of nitrogens with zero attached hydrogens (tertiary/aromatic N) is 2.